The fourth-order valence-corrected chi connectivity index (χ4v) is 1.45. The first-order valence-corrected chi connectivity index (χ1v) is 5.80. The van der Waals surface area contributed by atoms with Gasteiger partial charge in [-0.3, -0.25) is 0 Å². The second-order valence-electron chi connectivity index (χ2n) is 4.25. The molecule has 0 bridgehead atoms. The third-order valence-electron chi connectivity index (χ3n) is 2.41. The van der Waals surface area contributed by atoms with Gasteiger partial charge >= 0.3 is 0 Å². The quantitative estimate of drug-likeness (QED) is 0.800. The highest BCUT2D eigenvalue weighted by Crippen LogP contribution is 2.10. The molecule has 1 aromatic carbocycles. The molecule has 0 spiro atoms. The number of nitrogens with one attached hydrogen (secondary N) is 1. The van der Waals surface area contributed by atoms with Gasteiger partial charge in [0.2, 0.25) is 0 Å². The third kappa shape index (κ3) is 4.58. The van der Waals surface area contributed by atoms with Crippen LogP contribution in [0.15, 0.2) is 29.8 Å². The standard InChI is InChI=1S/C14H20FN/c1-4-12(10-16-11(2)3)8-13-6-5-7-14(15)9-13/h5-9,11,16H,4,10H2,1-3H3. The molecule has 0 radical (unpaired) electrons. The van der Waals surface area contributed by atoms with Crippen molar-refractivity contribution in [2.24, 2.45) is 0 Å². The lowest BCUT2D eigenvalue weighted by Gasteiger charge is -2.10. The maximum Gasteiger partial charge on any atom is 0.123 e. The summed E-state index contributed by atoms with van der Waals surface area (Å²) in [6.45, 7) is 7.22. The van der Waals surface area contributed by atoms with Crippen molar-refractivity contribution in [1.82, 2.24) is 5.32 Å². The van der Waals surface area contributed by atoms with Crippen molar-refractivity contribution in [1.29, 1.82) is 0 Å². The fraction of sp³-hybridized carbons (Fsp3) is 0.429. The van der Waals surface area contributed by atoms with E-state index in [-0.39, 0.29) is 5.82 Å². The lowest BCUT2D eigenvalue weighted by atomic mass is 10.1. The van der Waals surface area contributed by atoms with E-state index in [9.17, 15) is 4.39 Å². The van der Waals surface area contributed by atoms with Gasteiger partial charge in [0, 0.05) is 12.6 Å². The zero-order valence-electron chi connectivity index (χ0n) is 10.3. The monoisotopic (exact) mass is 221 g/mol. The van der Waals surface area contributed by atoms with Crippen molar-refractivity contribution in [3.05, 3.63) is 41.2 Å². The predicted molar refractivity (Wildman–Crippen MR) is 67.8 cm³/mol. The van der Waals surface area contributed by atoms with E-state index >= 15 is 0 Å². The number of benzene rings is 1. The van der Waals surface area contributed by atoms with E-state index in [1.165, 1.54) is 11.6 Å². The summed E-state index contributed by atoms with van der Waals surface area (Å²) in [7, 11) is 0. The van der Waals surface area contributed by atoms with Crippen LogP contribution in [0.1, 0.15) is 32.8 Å². The van der Waals surface area contributed by atoms with Crippen molar-refractivity contribution >= 4 is 6.08 Å². The van der Waals surface area contributed by atoms with Gasteiger partial charge in [0.1, 0.15) is 5.82 Å². The van der Waals surface area contributed by atoms with E-state index in [4.69, 9.17) is 0 Å². The second kappa shape index (κ2) is 6.44. The number of rotatable bonds is 5. The van der Waals surface area contributed by atoms with Crippen LogP contribution in [-0.4, -0.2) is 12.6 Å². The normalized spacial score (nSPS) is 12.2. The smallest absolute Gasteiger partial charge is 0.123 e. The van der Waals surface area contributed by atoms with Crippen LogP contribution in [0.2, 0.25) is 0 Å². The molecule has 16 heavy (non-hydrogen) atoms. The topological polar surface area (TPSA) is 12.0 Å². The molecule has 0 aromatic heterocycles. The molecule has 2 heteroatoms. The molecule has 0 atom stereocenters. The average Bonchev–Trinajstić information content (AvgIpc) is 2.24. The molecule has 1 rings (SSSR count). The fourth-order valence-electron chi connectivity index (χ4n) is 1.45. The largest absolute Gasteiger partial charge is 0.311 e. The summed E-state index contributed by atoms with van der Waals surface area (Å²) in [5.41, 5.74) is 2.22. The average molecular weight is 221 g/mol. The molecule has 0 aliphatic rings. The minimum absolute atomic E-state index is 0.180. The van der Waals surface area contributed by atoms with E-state index in [0.717, 1.165) is 18.5 Å². The van der Waals surface area contributed by atoms with E-state index in [1.54, 1.807) is 12.1 Å². The van der Waals surface area contributed by atoms with Crippen molar-refractivity contribution in [2.75, 3.05) is 6.54 Å². The summed E-state index contributed by atoms with van der Waals surface area (Å²) in [4.78, 5) is 0. The molecule has 0 aliphatic carbocycles. The van der Waals surface area contributed by atoms with Crippen LogP contribution in [0, 0.1) is 5.82 Å². The van der Waals surface area contributed by atoms with Gasteiger partial charge < -0.3 is 5.32 Å². The lowest BCUT2D eigenvalue weighted by Crippen LogP contribution is -2.24. The Hall–Kier alpha value is -1.15. The van der Waals surface area contributed by atoms with Crippen molar-refractivity contribution in [3.63, 3.8) is 0 Å². The summed E-state index contributed by atoms with van der Waals surface area (Å²) in [5.74, 6) is -0.180. The first-order chi connectivity index (χ1) is 7.61. The molecule has 0 saturated heterocycles. The molecule has 0 fully saturated rings. The van der Waals surface area contributed by atoms with Crippen LogP contribution in [0.3, 0.4) is 0 Å². The van der Waals surface area contributed by atoms with E-state index in [0.29, 0.717) is 6.04 Å². The zero-order valence-corrected chi connectivity index (χ0v) is 10.3. The molecule has 1 N–H and O–H groups in total. The molecule has 1 aromatic rings. The first-order valence-electron chi connectivity index (χ1n) is 5.80. The summed E-state index contributed by atoms with van der Waals surface area (Å²) in [5, 5.41) is 3.37. The SMILES string of the molecule is CCC(=Cc1cccc(F)c1)CNC(C)C. The summed E-state index contributed by atoms with van der Waals surface area (Å²) in [6, 6.07) is 7.17. The summed E-state index contributed by atoms with van der Waals surface area (Å²) >= 11 is 0. The van der Waals surface area contributed by atoms with Crippen LogP contribution in [0.25, 0.3) is 6.08 Å². The maximum atomic E-state index is 13.0. The Morgan fingerprint density at radius 1 is 1.44 bits per heavy atom. The van der Waals surface area contributed by atoms with Gasteiger partial charge in [0.15, 0.2) is 0 Å². The number of hydrogen-bond donors (Lipinski definition) is 1. The predicted octanol–water partition coefficient (Wildman–Crippen LogP) is 3.62. The minimum Gasteiger partial charge on any atom is -0.311 e. The Morgan fingerprint density at radius 3 is 2.75 bits per heavy atom. The number of hydrogen-bond acceptors (Lipinski definition) is 1. The molecule has 88 valence electrons. The molecule has 0 aliphatic heterocycles. The zero-order chi connectivity index (χ0) is 12.0. The highest BCUT2D eigenvalue weighted by molar-refractivity contribution is 5.53. The Bertz CT molecular complexity index is 356. The van der Waals surface area contributed by atoms with E-state index in [2.05, 4.69) is 32.2 Å². The van der Waals surface area contributed by atoms with Gasteiger partial charge in [-0.1, -0.05) is 44.6 Å². The van der Waals surface area contributed by atoms with Gasteiger partial charge in [-0.25, -0.2) is 4.39 Å². The van der Waals surface area contributed by atoms with Gasteiger partial charge in [-0.2, -0.15) is 0 Å². The molecule has 1 nitrogen and oxygen atoms in total. The Balaban J connectivity index is 2.71. The minimum atomic E-state index is -0.180. The van der Waals surface area contributed by atoms with Gasteiger partial charge in [0.05, 0.1) is 0 Å². The second-order valence-corrected chi connectivity index (χ2v) is 4.25. The first kappa shape index (κ1) is 12.9. The van der Waals surface area contributed by atoms with Gasteiger partial charge in [-0.15, -0.1) is 0 Å². The molecular weight excluding hydrogens is 201 g/mol. The van der Waals surface area contributed by atoms with Gasteiger partial charge in [0.25, 0.3) is 0 Å². The Morgan fingerprint density at radius 2 is 2.19 bits per heavy atom. The Labute approximate surface area is 97.4 Å². The molecule has 0 saturated carbocycles. The van der Waals surface area contributed by atoms with Crippen LogP contribution in [0.5, 0.6) is 0 Å². The van der Waals surface area contributed by atoms with Crippen LogP contribution in [0.4, 0.5) is 4.39 Å². The van der Waals surface area contributed by atoms with Crippen molar-refractivity contribution in [2.45, 2.75) is 33.2 Å². The molecular formula is C14H20FN. The van der Waals surface area contributed by atoms with Crippen LogP contribution < -0.4 is 5.32 Å². The van der Waals surface area contributed by atoms with E-state index < -0.39 is 0 Å². The summed E-state index contributed by atoms with van der Waals surface area (Å²) < 4.78 is 13.0. The van der Waals surface area contributed by atoms with E-state index in [1.807, 2.05) is 6.07 Å². The van der Waals surface area contributed by atoms with Crippen LogP contribution in [-0.2, 0) is 0 Å². The summed E-state index contributed by atoms with van der Waals surface area (Å²) in [6.07, 6.45) is 3.04. The highest BCUT2D eigenvalue weighted by Gasteiger charge is 1.98. The van der Waals surface area contributed by atoms with Crippen molar-refractivity contribution < 1.29 is 4.39 Å². The highest BCUT2D eigenvalue weighted by atomic mass is 19.1. The lowest BCUT2D eigenvalue weighted by molar-refractivity contribution is 0.616. The molecule has 0 unspecified atom stereocenters. The Kier molecular flexibility index (Phi) is 5.20. The van der Waals surface area contributed by atoms with Gasteiger partial charge in [-0.05, 0) is 24.1 Å². The van der Waals surface area contributed by atoms with Crippen LogP contribution >= 0.6 is 0 Å². The molecule has 0 heterocycles. The number of halogens is 1. The van der Waals surface area contributed by atoms with Crippen molar-refractivity contribution in [3.8, 4) is 0 Å². The maximum absolute atomic E-state index is 13.0. The third-order valence-corrected chi connectivity index (χ3v) is 2.41. The molecule has 0 amide bonds.